The number of benzene rings is 1. The molecule has 1 N–H and O–H groups in total. The molecule has 1 aromatic rings. The fraction of sp³-hybridized carbons (Fsp3) is 0.632. The molecule has 0 saturated carbocycles. The van der Waals surface area contributed by atoms with E-state index in [2.05, 4.69) is 24.1 Å². The van der Waals surface area contributed by atoms with E-state index >= 15 is 0 Å². The molecule has 1 heterocycles. The summed E-state index contributed by atoms with van der Waals surface area (Å²) in [5.74, 6) is 0.236. The Labute approximate surface area is 151 Å². The lowest BCUT2D eigenvalue weighted by Crippen LogP contribution is -2.45. The van der Waals surface area contributed by atoms with E-state index in [4.69, 9.17) is 11.6 Å². The monoisotopic (exact) mass is 351 g/mol. The van der Waals surface area contributed by atoms with Gasteiger partial charge in [-0.05, 0) is 31.9 Å². The molecule has 134 valence electrons. The maximum absolute atomic E-state index is 12.9. The predicted octanol–water partition coefficient (Wildman–Crippen LogP) is 3.15. The van der Waals surface area contributed by atoms with Gasteiger partial charge in [-0.15, -0.1) is 0 Å². The summed E-state index contributed by atoms with van der Waals surface area (Å²) >= 11 is 6.33. The van der Waals surface area contributed by atoms with Crippen LogP contribution in [0.25, 0.3) is 0 Å². The summed E-state index contributed by atoms with van der Waals surface area (Å²) in [5, 5.41) is 4.36. The molecule has 5 heteroatoms. The van der Waals surface area contributed by atoms with E-state index in [1.54, 1.807) is 0 Å². The van der Waals surface area contributed by atoms with Crippen LogP contribution < -0.4 is 5.32 Å². The molecule has 1 aliphatic heterocycles. The third-order valence-electron chi connectivity index (χ3n) is 4.66. The Morgan fingerprint density at radius 3 is 2.58 bits per heavy atom. The van der Waals surface area contributed by atoms with Gasteiger partial charge in [0.05, 0.1) is 6.04 Å². The van der Waals surface area contributed by atoms with E-state index in [0.29, 0.717) is 18.6 Å². The highest BCUT2D eigenvalue weighted by Gasteiger charge is 2.38. The molecule has 0 bridgehead atoms. The first-order valence-corrected chi connectivity index (χ1v) is 9.36. The lowest BCUT2D eigenvalue weighted by molar-refractivity contribution is -0.135. The molecule has 0 radical (unpaired) electrons. The fourth-order valence-corrected chi connectivity index (χ4v) is 3.71. The van der Waals surface area contributed by atoms with Crippen molar-refractivity contribution in [3.05, 3.63) is 34.9 Å². The quantitative estimate of drug-likeness (QED) is 0.819. The number of rotatable bonds is 7. The maximum atomic E-state index is 12.9. The Bertz CT molecular complexity index is 545. The van der Waals surface area contributed by atoms with E-state index < -0.39 is 0 Å². The van der Waals surface area contributed by atoms with Crippen LogP contribution in [0, 0.1) is 0 Å². The van der Waals surface area contributed by atoms with E-state index in [1.165, 1.54) is 0 Å². The summed E-state index contributed by atoms with van der Waals surface area (Å²) in [7, 11) is 0. The number of likely N-dealkylation sites (N-methyl/N-ethyl adjacent to an activating group) is 1. The Balaban J connectivity index is 2.17. The first kappa shape index (κ1) is 19.2. The largest absolute Gasteiger partial charge is 0.342 e. The Kier molecular flexibility index (Phi) is 7.08. The van der Waals surface area contributed by atoms with E-state index in [9.17, 15) is 4.79 Å². The molecular weight excluding hydrogens is 322 g/mol. The van der Waals surface area contributed by atoms with Crippen LogP contribution in [0.3, 0.4) is 0 Å². The molecule has 1 amide bonds. The Morgan fingerprint density at radius 2 is 2.00 bits per heavy atom. The highest BCUT2D eigenvalue weighted by Crippen LogP contribution is 2.25. The summed E-state index contributed by atoms with van der Waals surface area (Å²) in [6.07, 6.45) is 0.859. The van der Waals surface area contributed by atoms with Gasteiger partial charge in [0, 0.05) is 43.3 Å². The average molecular weight is 352 g/mol. The highest BCUT2D eigenvalue weighted by molar-refractivity contribution is 6.31. The minimum absolute atomic E-state index is 0.0718. The smallest absolute Gasteiger partial charge is 0.239 e. The molecule has 0 aliphatic carbocycles. The molecule has 0 spiro atoms. The van der Waals surface area contributed by atoms with Crippen molar-refractivity contribution in [2.24, 2.45) is 0 Å². The zero-order valence-electron chi connectivity index (χ0n) is 15.3. The summed E-state index contributed by atoms with van der Waals surface area (Å²) in [5.41, 5.74) is 1.08. The summed E-state index contributed by atoms with van der Waals surface area (Å²) in [4.78, 5) is 17.2. The van der Waals surface area contributed by atoms with Gasteiger partial charge in [-0.1, -0.05) is 43.6 Å². The second-order valence-electron chi connectivity index (χ2n) is 6.80. The number of hydrogen-bond donors (Lipinski definition) is 1. The van der Waals surface area contributed by atoms with Gasteiger partial charge in [-0.2, -0.15) is 0 Å². The average Bonchev–Trinajstić information content (AvgIpc) is 2.92. The van der Waals surface area contributed by atoms with Crippen molar-refractivity contribution in [3.8, 4) is 0 Å². The maximum Gasteiger partial charge on any atom is 0.239 e. The number of nitrogens with zero attached hydrogens (tertiary/aromatic N) is 2. The van der Waals surface area contributed by atoms with Crippen LogP contribution in [0.4, 0.5) is 0 Å². The molecule has 2 rings (SSSR count). The zero-order chi connectivity index (χ0) is 17.7. The molecule has 0 aromatic heterocycles. The van der Waals surface area contributed by atoms with Gasteiger partial charge >= 0.3 is 0 Å². The number of halogens is 1. The van der Waals surface area contributed by atoms with Crippen molar-refractivity contribution < 1.29 is 4.79 Å². The van der Waals surface area contributed by atoms with Gasteiger partial charge in [-0.25, -0.2) is 0 Å². The third-order valence-corrected chi connectivity index (χ3v) is 5.03. The summed E-state index contributed by atoms with van der Waals surface area (Å²) in [6, 6.07) is 8.59. The van der Waals surface area contributed by atoms with E-state index in [1.807, 2.05) is 43.0 Å². The van der Waals surface area contributed by atoms with E-state index in [-0.39, 0.29) is 11.9 Å². The summed E-state index contributed by atoms with van der Waals surface area (Å²) in [6.45, 7) is 11.5. The number of hydrogen-bond acceptors (Lipinski definition) is 3. The first-order valence-electron chi connectivity index (χ1n) is 8.98. The van der Waals surface area contributed by atoms with Crippen LogP contribution in [0.15, 0.2) is 24.3 Å². The topological polar surface area (TPSA) is 35.6 Å². The molecule has 1 fully saturated rings. The lowest BCUT2D eigenvalue weighted by Gasteiger charge is -2.29. The number of amides is 1. The second kappa shape index (κ2) is 8.84. The van der Waals surface area contributed by atoms with Crippen LogP contribution in [-0.4, -0.2) is 53.5 Å². The molecule has 24 heavy (non-hydrogen) atoms. The normalized spacial score (nSPS) is 21.4. The highest BCUT2D eigenvalue weighted by atomic mass is 35.5. The van der Waals surface area contributed by atoms with Gasteiger partial charge in [0.1, 0.15) is 0 Å². The van der Waals surface area contributed by atoms with E-state index in [0.717, 1.165) is 36.6 Å². The van der Waals surface area contributed by atoms with Gasteiger partial charge in [0.2, 0.25) is 5.91 Å². The molecule has 4 nitrogen and oxygen atoms in total. The van der Waals surface area contributed by atoms with Crippen LogP contribution >= 0.6 is 11.6 Å². The fourth-order valence-electron chi connectivity index (χ4n) is 3.52. The SMILES string of the molecule is CCN(CC)C(=O)[C@@H]1C[C@@H](NC(C)C)CN1Cc1ccccc1Cl. The zero-order valence-corrected chi connectivity index (χ0v) is 16.0. The van der Waals surface area contributed by atoms with Crippen LogP contribution in [-0.2, 0) is 11.3 Å². The second-order valence-corrected chi connectivity index (χ2v) is 7.21. The number of nitrogens with one attached hydrogen (secondary N) is 1. The van der Waals surface area contributed by atoms with Crippen molar-refractivity contribution in [1.82, 2.24) is 15.1 Å². The van der Waals surface area contributed by atoms with Crippen LogP contribution in [0.1, 0.15) is 39.7 Å². The standard InChI is InChI=1S/C19H30ClN3O/c1-5-22(6-2)19(24)18-11-16(21-14(3)4)13-23(18)12-15-9-7-8-10-17(15)20/h7-10,14,16,18,21H,5-6,11-13H2,1-4H3/t16-,18+/m1/s1. The lowest BCUT2D eigenvalue weighted by atomic mass is 10.1. The molecular formula is C19H30ClN3O. The molecule has 1 aromatic carbocycles. The van der Waals surface area contributed by atoms with Crippen LogP contribution in [0.5, 0.6) is 0 Å². The van der Waals surface area contributed by atoms with Crippen molar-refractivity contribution in [2.75, 3.05) is 19.6 Å². The number of likely N-dealkylation sites (tertiary alicyclic amines) is 1. The van der Waals surface area contributed by atoms with Gasteiger partial charge in [-0.3, -0.25) is 9.69 Å². The summed E-state index contributed by atoms with van der Waals surface area (Å²) < 4.78 is 0. The third kappa shape index (κ3) is 4.71. The molecule has 0 unspecified atom stereocenters. The number of carbonyl (C=O) groups excluding carboxylic acids is 1. The predicted molar refractivity (Wildman–Crippen MR) is 100 cm³/mol. The minimum Gasteiger partial charge on any atom is -0.342 e. The minimum atomic E-state index is -0.0718. The van der Waals surface area contributed by atoms with Gasteiger partial charge < -0.3 is 10.2 Å². The van der Waals surface area contributed by atoms with Crippen molar-refractivity contribution in [3.63, 3.8) is 0 Å². The Hall–Kier alpha value is -1.10. The first-order chi connectivity index (χ1) is 11.5. The molecule has 2 atom stereocenters. The Morgan fingerprint density at radius 1 is 1.33 bits per heavy atom. The molecule has 1 aliphatic rings. The van der Waals surface area contributed by atoms with Crippen molar-refractivity contribution in [1.29, 1.82) is 0 Å². The van der Waals surface area contributed by atoms with Crippen molar-refractivity contribution in [2.45, 2.75) is 58.8 Å². The molecule has 1 saturated heterocycles. The number of carbonyl (C=O) groups is 1. The van der Waals surface area contributed by atoms with Gasteiger partial charge in [0.25, 0.3) is 0 Å². The van der Waals surface area contributed by atoms with Crippen LogP contribution in [0.2, 0.25) is 5.02 Å². The van der Waals surface area contributed by atoms with Crippen molar-refractivity contribution >= 4 is 17.5 Å². The van der Waals surface area contributed by atoms with Gasteiger partial charge in [0.15, 0.2) is 0 Å².